The third-order valence-electron chi connectivity index (χ3n) is 2.97. The number of aliphatic hydroxyl groups excluding tert-OH is 1. The fourth-order valence-corrected chi connectivity index (χ4v) is 2.60. The van der Waals surface area contributed by atoms with Crippen molar-refractivity contribution in [2.24, 2.45) is 0 Å². The molecule has 0 spiro atoms. The summed E-state index contributed by atoms with van der Waals surface area (Å²) in [4.78, 5) is 4.99. The van der Waals surface area contributed by atoms with Crippen molar-refractivity contribution in [3.63, 3.8) is 0 Å². The lowest BCUT2D eigenvalue weighted by molar-refractivity contribution is -0.0753. The van der Waals surface area contributed by atoms with E-state index < -0.39 is 11.7 Å². The zero-order valence-corrected chi connectivity index (χ0v) is 12.7. The van der Waals surface area contributed by atoms with Crippen molar-refractivity contribution in [2.75, 3.05) is 6.61 Å². The molecule has 6 heteroatoms. The highest BCUT2D eigenvalue weighted by Gasteiger charge is 2.32. The predicted octanol–water partition coefficient (Wildman–Crippen LogP) is 2.51. The number of aliphatic hydroxyl groups is 1. The van der Waals surface area contributed by atoms with Crippen molar-refractivity contribution in [3.8, 4) is 0 Å². The van der Waals surface area contributed by atoms with E-state index in [1.807, 2.05) is 44.4 Å². The highest BCUT2D eigenvalue weighted by Crippen LogP contribution is 2.26. The molecule has 0 aliphatic heterocycles. The number of hydrogen-bond donors (Lipinski definition) is 1. The van der Waals surface area contributed by atoms with Gasteiger partial charge in [-0.05, 0) is 38.3 Å². The first kappa shape index (κ1) is 14.9. The summed E-state index contributed by atoms with van der Waals surface area (Å²) < 4.78 is 7.21. The Hall–Kier alpha value is -1.50. The lowest BCUT2D eigenvalue weighted by atomic mass is 9.98. The Kier molecular flexibility index (Phi) is 4.69. The molecule has 2 heterocycles. The van der Waals surface area contributed by atoms with E-state index >= 15 is 0 Å². The molecule has 0 aliphatic rings. The molecule has 0 aromatic carbocycles. The second kappa shape index (κ2) is 6.30. The summed E-state index contributed by atoms with van der Waals surface area (Å²) in [5.74, 6) is 0. The van der Waals surface area contributed by atoms with Crippen molar-refractivity contribution in [1.29, 1.82) is 0 Å². The Bertz CT molecular complexity index is 547. The van der Waals surface area contributed by atoms with Gasteiger partial charge in [-0.2, -0.15) is 5.10 Å². The van der Waals surface area contributed by atoms with Crippen molar-refractivity contribution in [1.82, 2.24) is 14.8 Å². The maximum atomic E-state index is 10.7. The number of aromatic nitrogens is 3. The van der Waals surface area contributed by atoms with Crippen LogP contribution in [0.3, 0.4) is 0 Å². The molecular formula is C14H19N3O2S. The SMILES string of the molecule is CCOC(C)(C)C(O)C(=Cc1cccs1)n1cncn1. The van der Waals surface area contributed by atoms with Gasteiger partial charge in [-0.15, -0.1) is 11.3 Å². The lowest BCUT2D eigenvalue weighted by Gasteiger charge is -2.31. The number of thiophene rings is 1. The molecule has 0 saturated heterocycles. The van der Waals surface area contributed by atoms with Crippen LogP contribution < -0.4 is 0 Å². The first-order chi connectivity index (χ1) is 9.54. The minimum atomic E-state index is -0.814. The average molecular weight is 293 g/mol. The zero-order valence-electron chi connectivity index (χ0n) is 11.9. The molecule has 2 aromatic rings. The van der Waals surface area contributed by atoms with Gasteiger partial charge in [0.05, 0.1) is 11.3 Å². The molecule has 108 valence electrons. The first-order valence-corrected chi connectivity index (χ1v) is 7.34. The number of hydrogen-bond acceptors (Lipinski definition) is 5. The van der Waals surface area contributed by atoms with E-state index in [0.29, 0.717) is 12.3 Å². The zero-order chi connectivity index (χ0) is 14.6. The molecule has 0 amide bonds. The fourth-order valence-electron chi connectivity index (χ4n) is 1.94. The van der Waals surface area contributed by atoms with Crippen LogP contribution in [-0.2, 0) is 4.74 Å². The minimum Gasteiger partial charge on any atom is -0.384 e. The molecule has 5 nitrogen and oxygen atoms in total. The van der Waals surface area contributed by atoms with Gasteiger partial charge in [0.25, 0.3) is 0 Å². The molecular weight excluding hydrogens is 274 g/mol. The maximum absolute atomic E-state index is 10.7. The molecule has 0 fully saturated rings. The van der Waals surface area contributed by atoms with Crippen LogP contribution in [0.4, 0.5) is 0 Å². The van der Waals surface area contributed by atoms with Crippen LogP contribution in [0.5, 0.6) is 0 Å². The third kappa shape index (κ3) is 3.33. The van der Waals surface area contributed by atoms with Crippen LogP contribution >= 0.6 is 11.3 Å². The monoisotopic (exact) mass is 293 g/mol. The van der Waals surface area contributed by atoms with Crippen LogP contribution in [-0.4, -0.2) is 38.2 Å². The van der Waals surface area contributed by atoms with Crippen molar-refractivity contribution >= 4 is 23.1 Å². The van der Waals surface area contributed by atoms with E-state index in [1.165, 1.54) is 6.33 Å². The standard InChI is InChI=1S/C14H19N3O2S/c1-4-19-14(2,3)13(18)12(17-10-15-9-16-17)8-11-6-5-7-20-11/h5-10,13,18H,4H2,1-3H3. The Morgan fingerprint density at radius 1 is 1.60 bits per heavy atom. The molecule has 2 rings (SSSR count). The van der Waals surface area contributed by atoms with Gasteiger partial charge in [0.2, 0.25) is 0 Å². The Morgan fingerprint density at radius 3 is 2.95 bits per heavy atom. The van der Waals surface area contributed by atoms with Crippen molar-refractivity contribution in [2.45, 2.75) is 32.5 Å². The van der Waals surface area contributed by atoms with E-state index in [0.717, 1.165) is 4.88 Å². The van der Waals surface area contributed by atoms with E-state index in [-0.39, 0.29) is 0 Å². The number of rotatable bonds is 6. The van der Waals surface area contributed by atoms with E-state index in [2.05, 4.69) is 10.1 Å². The molecule has 0 bridgehead atoms. The summed E-state index contributed by atoms with van der Waals surface area (Å²) in [5.41, 5.74) is -0.0625. The number of ether oxygens (including phenoxy) is 1. The van der Waals surface area contributed by atoms with Crippen LogP contribution in [0.2, 0.25) is 0 Å². The van der Waals surface area contributed by atoms with Gasteiger partial charge in [-0.25, -0.2) is 9.67 Å². The van der Waals surface area contributed by atoms with Crippen LogP contribution in [0.1, 0.15) is 25.6 Å². The maximum Gasteiger partial charge on any atom is 0.138 e. The Balaban J connectivity index is 2.37. The Labute approximate surface area is 122 Å². The molecule has 1 N–H and O–H groups in total. The molecule has 1 unspecified atom stereocenters. The summed E-state index contributed by atoms with van der Waals surface area (Å²) in [6.45, 7) is 6.17. The molecule has 0 radical (unpaired) electrons. The topological polar surface area (TPSA) is 60.2 Å². The summed E-state index contributed by atoms with van der Waals surface area (Å²) in [6.07, 6.45) is 4.12. The minimum absolute atomic E-state index is 0.535. The lowest BCUT2D eigenvalue weighted by Crippen LogP contribution is -2.41. The van der Waals surface area contributed by atoms with Gasteiger partial charge in [-0.3, -0.25) is 0 Å². The largest absolute Gasteiger partial charge is 0.384 e. The van der Waals surface area contributed by atoms with Crippen LogP contribution in [0.15, 0.2) is 30.2 Å². The van der Waals surface area contributed by atoms with E-state index in [1.54, 1.807) is 22.3 Å². The summed E-state index contributed by atoms with van der Waals surface area (Å²) in [5, 5.41) is 16.8. The van der Waals surface area contributed by atoms with Gasteiger partial charge in [0.1, 0.15) is 18.8 Å². The van der Waals surface area contributed by atoms with Crippen LogP contribution in [0.25, 0.3) is 11.8 Å². The summed E-state index contributed by atoms with van der Waals surface area (Å²) in [6, 6.07) is 3.96. The molecule has 2 aromatic heterocycles. The normalized spacial score (nSPS) is 14.5. The number of nitrogens with zero attached hydrogens (tertiary/aromatic N) is 3. The highest BCUT2D eigenvalue weighted by atomic mass is 32.1. The second-order valence-corrected chi connectivity index (χ2v) is 5.84. The second-order valence-electron chi connectivity index (χ2n) is 4.86. The average Bonchev–Trinajstić information content (AvgIpc) is 3.08. The Morgan fingerprint density at radius 2 is 2.40 bits per heavy atom. The van der Waals surface area contributed by atoms with Gasteiger partial charge in [0, 0.05) is 11.5 Å². The molecule has 0 saturated carbocycles. The van der Waals surface area contributed by atoms with E-state index in [4.69, 9.17) is 4.74 Å². The van der Waals surface area contributed by atoms with Crippen molar-refractivity contribution in [3.05, 3.63) is 35.0 Å². The molecule has 1 atom stereocenters. The predicted molar refractivity (Wildman–Crippen MR) is 80.2 cm³/mol. The smallest absolute Gasteiger partial charge is 0.138 e. The van der Waals surface area contributed by atoms with Gasteiger partial charge < -0.3 is 9.84 Å². The van der Waals surface area contributed by atoms with Crippen LogP contribution in [0, 0.1) is 0 Å². The summed E-state index contributed by atoms with van der Waals surface area (Å²) >= 11 is 1.60. The van der Waals surface area contributed by atoms with Gasteiger partial charge >= 0.3 is 0 Å². The molecule has 20 heavy (non-hydrogen) atoms. The summed E-state index contributed by atoms with van der Waals surface area (Å²) in [7, 11) is 0. The van der Waals surface area contributed by atoms with Gasteiger partial charge in [-0.1, -0.05) is 6.07 Å². The van der Waals surface area contributed by atoms with E-state index in [9.17, 15) is 5.11 Å². The van der Waals surface area contributed by atoms with Gasteiger partial charge in [0.15, 0.2) is 0 Å². The van der Waals surface area contributed by atoms with Crippen molar-refractivity contribution < 1.29 is 9.84 Å². The first-order valence-electron chi connectivity index (χ1n) is 6.46. The third-order valence-corrected chi connectivity index (χ3v) is 3.79. The molecule has 0 aliphatic carbocycles. The highest BCUT2D eigenvalue weighted by molar-refractivity contribution is 7.10. The fraction of sp³-hybridized carbons (Fsp3) is 0.429. The quantitative estimate of drug-likeness (QED) is 0.889.